The molecule has 38 heavy (non-hydrogen) atoms. The van der Waals surface area contributed by atoms with Crippen LogP contribution in [-0.4, -0.2) is 49.8 Å². The number of hydrogen-bond acceptors (Lipinski definition) is 8. The van der Waals surface area contributed by atoms with Gasteiger partial charge in [0.2, 0.25) is 17.1 Å². The number of rotatable bonds is 9. The highest BCUT2D eigenvalue weighted by Crippen LogP contribution is 2.51. The smallest absolute Gasteiger partial charge is 0.355 e. The molecule has 0 spiro atoms. The zero-order chi connectivity index (χ0) is 27.3. The van der Waals surface area contributed by atoms with Crippen LogP contribution in [-0.2, 0) is 39.3 Å². The molecule has 2 aliphatic rings. The Morgan fingerprint density at radius 1 is 1.37 bits per heavy atom. The van der Waals surface area contributed by atoms with Crippen molar-refractivity contribution in [3.8, 4) is 0 Å². The zero-order valence-corrected chi connectivity index (χ0v) is 21.7. The maximum Gasteiger partial charge on any atom is 0.355 e. The summed E-state index contributed by atoms with van der Waals surface area (Å²) in [5.41, 5.74) is 1.30. The Hall–Kier alpha value is -4.10. The first-order valence-electron chi connectivity index (χ1n) is 12.0. The van der Waals surface area contributed by atoms with E-state index in [1.165, 1.54) is 40.5 Å². The number of aryl methyl sites for hydroxylation is 1. The van der Waals surface area contributed by atoms with Crippen LogP contribution in [0.25, 0.3) is 10.4 Å². The minimum atomic E-state index is -0.873. The summed E-state index contributed by atoms with van der Waals surface area (Å²) in [5, 5.41) is 23.8. The number of imidazole rings is 1. The second-order valence-corrected chi connectivity index (χ2v) is 10.5. The van der Waals surface area contributed by atoms with Crippen LogP contribution in [0.3, 0.4) is 0 Å². The lowest BCUT2D eigenvalue weighted by Gasteiger charge is -2.46. The fraction of sp³-hybridized carbons (Fsp3) is 0.360. The number of thiazole rings is 1. The largest absolute Gasteiger partial charge is 0.456 e. The minimum Gasteiger partial charge on any atom is -0.456 e. The number of ether oxygens (including phenoxy) is 1. The quantitative estimate of drug-likeness (QED) is 0.104. The molecule has 0 unspecified atom stereocenters. The van der Waals surface area contributed by atoms with Crippen molar-refractivity contribution in [1.29, 1.82) is 0 Å². The zero-order valence-electron chi connectivity index (χ0n) is 20.9. The van der Waals surface area contributed by atoms with Gasteiger partial charge in [-0.2, -0.15) is 4.40 Å². The maximum absolute atomic E-state index is 13.5. The van der Waals surface area contributed by atoms with Crippen molar-refractivity contribution in [2.45, 2.75) is 39.1 Å². The lowest BCUT2D eigenvalue weighted by Crippen LogP contribution is -2.63. The number of non-ortho nitro benzene ring substituents is 1. The van der Waals surface area contributed by atoms with E-state index < -0.39 is 22.9 Å². The predicted molar refractivity (Wildman–Crippen MR) is 134 cm³/mol. The van der Waals surface area contributed by atoms with Crippen LogP contribution in [0.4, 0.5) is 5.69 Å². The molecule has 0 radical (unpaired) electrons. The number of aliphatic hydroxyl groups excluding tert-OH is 1. The van der Waals surface area contributed by atoms with E-state index >= 15 is 0 Å². The molecular formula is C25H26N5O7S+. The molecule has 198 valence electrons. The van der Waals surface area contributed by atoms with E-state index in [9.17, 15) is 29.6 Å². The number of fused-ring (bicyclic) bond motifs is 2. The van der Waals surface area contributed by atoms with Gasteiger partial charge in [0.15, 0.2) is 0 Å². The highest BCUT2D eigenvalue weighted by molar-refractivity contribution is 7.18. The fourth-order valence-corrected chi connectivity index (χ4v) is 6.59. The Balaban J connectivity index is 1.51. The monoisotopic (exact) mass is 540 g/mol. The third kappa shape index (κ3) is 4.03. The van der Waals surface area contributed by atoms with Crippen LogP contribution in [0.1, 0.15) is 30.1 Å². The van der Waals surface area contributed by atoms with E-state index in [4.69, 9.17) is 4.74 Å². The third-order valence-corrected chi connectivity index (χ3v) is 8.24. The fourth-order valence-electron chi connectivity index (χ4n) is 5.35. The van der Waals surface area contributed by atoms with E-state index in [0.29, 0.717) is 24.1 Å². The molecule has 13 heteroatoms. The Bertz CT molecular complexity index is 1490. The van der Waals surface area contributed by atoms with Gasteiger partial charge in [0.05, 0.1) is 34.9 Å². The van der Waals surface area contributed by atoms with Crippen molar-refractivity contribution in [1.82, 2.24) is 14.6 Å². The second-order valence-electron chi connectivity index (χ2n) is 9.47. The van der Waals surface area contributed by atoms with Crippen LogP contribution in [0.5, 0.6) is 0 Å². The lowest BCUT2D eigenvalue weighted by atomic mass is 9.77. The molecule has 4 heterocycles. The Kier molecular flexibility index (Phi) is 6.49. The Morgan fingerprint density at radius 3 is 2.71 bits per heavy atom. The molecule has 0 bridgehead atoms. The molecule has 1 saturated heterocycles. The summed E-state index contributed by atoms with van der Waals surface area (Å²) in [4.78, 5) is 50.8. The number of nitro benzene ring substituents is 1. The molecule has 0 saturated carbocycles. The highest BCUT2D eigenvalue weighted by Gasteiger charge is 2.60. The first-order valence-corrected chi connectivity index (χ1v) is 12.8. The van der Waals surface area contributed by atoms with Gasteiger partial charge in [-0.3, -0.25) is 19.7 Å². The van der Waals surface area contributed by atoms with Crippen molar-refractivity contribution in [3.63, 3.8) is 0 Å². The summed E-state index contributed by atoms with van der Waals surface area (Å²) in [6.45, 7) is 3.67. The van der Waals surface area contributed by atoms with Gasteiger partial charge < -0.3 is 20.1 Å². The molecule has 2 amide bonds. The minimum absolute atomic E-state index is 0.0712. The number of aromatic nitrogens is 2. The predicted octanol–water partition coefficient (Wildman–Crippen LogP) is 1.29. The van der Waals surface area contributed by atoms with Crippen molar-refractivity contribution in [2.24, 2.45) is 18.9 Å². The number of esters is 1. The van der Waals surface area contributed by atoms with E-state index in [1.807, 2.05) is 35.3 Å². The molecule has 0 aliphatic carbocycles. The first-order chi connectivity index (χ1) is 18.1. The van der Waals surface area contributed by atoms with Crippen molar-refractivity contribution in [3.05, 3.63) is 68.7 Å². The summed E-state index contributed by atoms with van der Waals surface area (Å²) < 4.78 is 9.41. The summed E-state index contributed by atoms with van der Waals surface area (Å²) in [6.07, 6.45) is 3.55. The molecule has 2 N–H and O–H groups in total. The molecule has 3 aromatic rings. The number of nitrogens with zero attached hydrogens (tertiary/aromatic N) is 4. The standard InChI is InChI=1S/C25H25N5O7S/c1-13-20(17-9-28-18(8-26-12-31)27(3)10-19(28)38-17)23(29-22(13)21(14(2)32)24(29)33)25(34)37-11-15-4-6-16(7-5-15)30(35)36/h4-7,9-10,12-14,21-22,32H,8,11H2,1-3H3/p+1/t13-,14+,21+,22+/m0/s1. The van der Waals surface area contributed by atoms with Crippen LogP contribution in [0, 0.1) is 22.0 Å². The maximum atomic E-state index is 13.5. The highest BCUT2D eigenvalue weighted by atomic mass is 32.1. The number of β-lactam (4-membered cyclic amide) rings is 1. The third-order valence-electron chi connectivity index (χ3n) is 7.18. The molecule has 5 rings (SSSR count). The molecule has 2 aliphatic heterocycles. The average molecular weight is 541 g/mol. The van der Waals surface area contributed by atoms with Gasteiger partial charge in [0.1, 0.15) is 31.2 Å². The number of carbonyl (C=O) groups is 3. The number of aliphatic hydroxyl groups is 1. The number of carbonyl (C=O) groups excluding carboxylic acids is 3. The average Bonchev–Trinajstić information content (AvgIpc) is 3.48. The lowest BCUT2D eigenvalue weighted by molar-refractivity contribution is -0.678. The molecule has 2 aromatic heterocycles. The van der Waals surface area contributed by atoms with Gasteiger partial charge in [0.25, 0.3) is 11.5 Å². The Morgan fingerprint density at radius 2 is 2.08 bits per heavy atom. The molecule has 1 fully saturated rings. The van der Waals surface area contributed by atoms with E-state index in [-0.39, 0.29) is 35.9 Å². The number of hydrogen-bond donors (Lipinski definition) is 2. The van der Waals surface area contributed by atoms with Crippen LogP contribution < -0.4 is 9.88 Å². The number of benzene rings is 1. The first kappa shape index (κ1) is 25.5. The summed E-state index contributed by atoms with van der Waals surface area (Å²) >= 11 is 1.45. The summed E-state index contributed by atoms with van der Waals surface area (Å²) in [6, 6.07) is 5.30. The van der Waals surface area contributed by atoms with Gasteiger partial charge in [0, 0.05) is 23.6 Å². The topological polar surface area (TPSA) is 147 Å². The summed E-state index contributed by atoms with van der Waals surface area (Å²) in [5.74, 6) is -1.07. The second kappa shape index (κ2) is 9.65. The van der Waals surface area contributed by atoms with Gasteiger partial charge in [-0.25, -0.2) is 9.36 Å². The van der Waals surface area contributed by atoms with Gasteiger partial charge in [-0.1, -0.05) is 18.3 Å². The van der Waals surface area contributed by atoms with Gasteiger partial charge >= 0.3 is 5.97 Å². The molecule has 4 atom stereocenters. The number of amides is 2. The van der Waals surface area contributed by atoms with E-state index in [2.05, 4.69) is 5.32 Å². The van der Waals surface area contributed by atoms with Crippen molar-refractivity contribution < 1.29 is 33.7 Å². The van der Waals surface area contributed by atoms with Gasteiger partial charge in [-0.05, 0) is 24.6 Å². The van der Waals surface area contributed by atoms with Gasteiger partial charge in [-0.15, -0.1) is 0 Å². The van der Waals surface area contributed by atoms with Crippen LogP contribution >= 0.6 is 11.3 Å². The van der Waals surface area contributed by atoms with Crippen LogP contribution in [0.15, 0.2) is 42.4 Å². The molecule has 1 aromatic carbocycles. The number of nitro groups is 1. The molecule has 12 nitrogen and oxygen atoms in total. The van der Waals surface area contributed by atoms with E-state index in [0.717, 1.165) is 15.5 Å². The van der Waals surface area contributed by atoms with Crippen LogP contribution in [0.2, 0.25) is 0 Å². The number of nitrogens with one attached hydrogen (secondary N) is 1. The Labute approximate surface area is 220 Å². The van der Waals surface area contributed by atoms with Crippen molar-refractivity contribution >= 4 is 45.7 Å². The van der Waals surface area contributed by atoms with E-state index in [1.54, 1.807) is 6.92 Å². The normalized spacial score (nSPS) is 21.3. The van der Waals surface area contributed by atoms with Crippen molar-refractivity contribution in [2.75, 3.05) is 0 Å². The SMILES string of the molecule is C[C@@H](O)[C@H]1C(=O)N2C(C(=O)OCc3ccc([N+](=O)[O-])cc3)=C(c3cn4c(CNC=O)[n+](C)cc4s3)[C@H](C)[C@H]12. The summed E-state index contributed by atoms with van der Waals surface area (Å²) in [7, 11) is 1.87. The molecular weight excluding hydrogens is 514 g/mol.